The number of piperidine rings is 1. The van der Waals surface area contributed by atoms with Crippen LogP contribution in [0.3, 0.4) is 0 Å². The van der Waals surface area contributed by atoms with Gasteiger partial charge in [0.2, 0.25) is 6.23 Å². The highest BCUT2D eigenvalue weighted by molar-refractivity contribution is 7.91. The van der Waals surface area contributed by atoms with Gasteiger partial charge in [0.1, 0.15) is 11.9 Å². The van der Waals surface area contributed by atoms with Crippen LogP contribution in [0.4, 0.5) is 5.69 Å². The number of sulfone groups is 1. The van der Waals surface area contributed by atoms with Gasteiger partial charge in [0, 0.05) is 37.2 Å². The molecular formula is C23H30N4O6S. The monoisotopic (exact) mass is 490 g/mol. The van der Waals surface area contributed by atoms with E-state index in [0.29, 0.717) is 29.7 Å². The molecule has 10 nitrogen and oxygen atoms in total. The molecule has 2 aliphatic heterocycles. The molecule has 2 aliphatic rings. The third-order valence-corrected chi connectivity index (χ3v) is 8.33. The first kappa shape index (κ1) is 24.4. The number of carboxylic acids is 1. The van der Waals surface area contributed by atoms with E-state index >= 15 is 0 Å². The number of hydrogen-bond donors (Lipinski definition) is 2. The number of aryl methyl sites for hydroxylation is 2. The van der Waals surface area contributed by atoms with Crippen LogP contribution in [0.1, 0.15) is 24.0 Å². The summed E-state index contributed by atoms with van der Waals surface area (Å²) in [4.78, 5) is 23.9. The van der Waals surface area contributed by atoms with Gasteiger partial charge in [0.15, 0.2) is 9.84 Å². The second kappa shape index (κ2) is 9.87. The van der Waals surface area contributed by atoms with E-state index in [9.17, 15) is 18.3 Å². The van der Waals surface area contributed by atoms with E-state index in [0.717, 1.165) is 18.8 Å². The summed E-state index contributed by atoms with van der Waals surface area (Å²) >= 11 is 0. The van der Waals surface area contributed by atoms with Crippen LogP contribution >= 0.6 is 0 Å². The van der Waals surface area contributed by atoms with Crippen molar-refractivity contribution in [2.75, 3.05) is 30.9 Å². The molecule has 1 aromatic heterocycles. The van der Waals surface area contributed by atoms with Crippen LogP contribution < -0.4 is 15.0 Å². The number of carboxylic acid groups (broad SMARTS) is 1. The number of nitrogens with one attached hydrogen (secondary N) is 1. The highest BCUT2D eigenvalue weighted by atomic mass is 32.2. The number of anilines is 1. The van der Waals surface area contributed by atoms with Gasteiger partial charge in [-0.2, -0.15) is 5.06 Å². The number of nitrogens with zero attached hydrogens (tertiary/aromatic N) is 3. The maximum absolute atomic E-state index is 13.4. The van der Waals surface area contributed by atoms with Gasteiger partial charge < -0.3 is 14.7 Å². The number of ether oxygens (including phenoxy) is 1. The zero-order valence-corrected chi connectivity index (χ0v) is 20.3. The predicted octanol–water partition coefficient (Wildman–Crippen LogP) is 1.72. The summed E-state index contributed by atoms with van der Waals surface area (Å²) in [6.07, 6.45) is 2.81. The Morgan fingerprint density at radius 3 is 2.38 bits per heavy atom. The van der Waals surface area contributed by atoms with Crippen molar-refractivity contribution >= 4 is 21.5 Å². The minimum atomic E-state index is -3.75. The lowest BCUT2D eigenvalue weighted by Crippen LogP contribution is -2.50. The zero-order valence-electron chi connectivity index (χ0n) is 19.5. The van der Waals surface area contributed by atoms with E-state index in [4.69, 9.17) is 9.57 Å². The number of hydrogen-bond acceptors (Lipinski definition) is 9. The number of carbonyl (C=O) groups is 1. The maximum atomic E-state index is 13.4. The summed E-state index contributed by atoms with van der Waals surface area (Å²) in [5, 5.41) is 13.9. The Balaban J connectivity index is 1.52. The molecule has 2 aromatic rings. The van der Waals surface area contributed by atoms with Gasteiger partial charge in [-0.25, -0.2) is 13.2 Å². The summed E-state index contributed by atoms with van der Waals surface area (Å²) in [6.45, 7) is 4.94. The van der Waals surface area contributed by atoms with Crippen LogP contribution in [0.25, 0.3) is 0 Å². The van der Waals surface area contributed by atoms with Gasteiger partial charge in [-0.1, -0.05) is 0 Å². The van der Waals surface area contributed by atoms with Crippen molar-refractivity contribution in [2.24, 2.45) is 0 Å². The lowest BCUT2D eigenvalue weighted by molar-refractivity contribution is -0.201. The Hall–Kier alpha value is -2.73. The van der Waals surface area contributed by atoms with Crippen LogP contribution in [0.2, 0.25) is 0 Å². The summed E-state index contributed by atoms with van der Waals surface area (Å²) in [6, 6.07) is 7.15. The van der Waals surface area contributed by atoms with Gasteiger partial charge in [-0.3, -0.25) is 15.1 Å². The number of aromatic nitrogens is 1. The molecule has 184 valence electrons. The normalized spacial score (nSPS) is 22.1. The third kappa shape index (κ3) is 5.02. The van der Waals surface area contributed by atoms with Crippen LogP contribution in [0.15, 0.2) is 41.6 Å². The molecule has 0 aliphatic carbocycles. The van der Waals surface area contributed by atoms with E-state index in [1.54, 1.807) is 43.4 Å². The Morgan fingerprint density at radius 2 is 1.82 bits per heavy atom. The Labute approximate surface area is 199 Å². The molecule has 2 unspecified atom stereocenters. The highest BCUT2D eigenvalue weighted by Gasteiger charge is 2.44. The molecule has 3 heterocycles. The summed E-state index contributed by atoms with van der Waals surface area (Å²) in [5.41, 5.74) is 2.24. The highest BCUT2D eigenvalue weighted by Crippen LogP contribution is 2.30. The van der Waals surface area contributed by atoms with Crippen molar-refractivity contribution in [3.8, 4) is 5.75 Å². The van der Waals surface area contributed by atoms with Crippen LogP contribution in [-0.4, -0.2) is 73.9 Å². The molecule has 34 heavy (non-hydrogen) atoms. The van der Waals surface area contributed by atoms with Gasteiger partial charge in [-0.05, 0) is 62.1 Å². The minimum Gasteiger partial charge on any atom is -0.497 e. The fraction of sp³-hybridized carbons (Fsp3) is 0.478. The number of hydroxylamine groups is 2. The summed E-state index contributed by atoms with van der Waals surface area (Å²) in [7, 11) is -2.22. The van der Waals surface area contributed by atoms with Crippen LogP contribution in [0, 0.1) is 13.8 Å². The minimum absolute atomic E-state index is 0.117. The molecule has 0 amide bonds. The first-order valence-electron chi connectivity index (χ1n) is 11.2. The number of benzene rings is 1. The average molecular weight is 491 g/mol. The first-order chi connectivity index (χ1) is 16.2. The van der Waals surface area contributed by atoms with Crippen LogP contribution in [-0.2, 0) is 19.5 Å². The molecule has 0 radical (unpaired) electrons. The molecule has 2 atom stereocenters. The largest absolute Gasteiger partial charge is 0.497 e. The van der Waals surface area contributed by atoms with Crippen molar-refractivity contribution < 1.29 is 27.9 Å². The first-order valence-corrected chi connectivity index (χ1v) is 12.8. The van der Waals surface area contributed by atoms with Gasteiger partial charge in [0.25, 0.3) is 0 Å². The van der Waals surface area contributed by atoms with E-state index < -0.39 is 28.2 Å². The molecule has 2 N–H and O–H groups in total. The molecule has 0 bridgehead atoms. The molecular weight excluding hydrogens is 460 g/mol. The lowest BCUT2D eigenvalue weighted by Gasteiger charge is -2.38. The Bertz CT molecular complexity index is 1110. The molecule has 1 aromatic carbocycles. The van der Waals surface area contributed by atoms with E-state index in [-0.39, 0.29) is 16.7 Å². The molecule has 0 saturated carbocycles. The van der Waals surface area contributed by atoms with Gasteiger partial charge >= 0.3 is 5.97 Å². The zero-order chi connectivity index (χ0) is 24.5. The van der Waals surface area contributed by atoms with Gasteiger partial charge in [-0.15, -0.1) is 0 Å². The van der Waals surface area contributed by atoms with Gasteiger partial charge in [0.05, 0.1) is 17.8 Å². The maximum Gasteiger partial charge on any atom is 0.350 e. The smallest absolute Gasteiger partial charge is 0.350 e. The summed E-state index contributed by atoms with van der Waals surface area (Å²) < 4.78 is 32.1. The number of rotatable bonds is 7. The average Bonchev–Trinajstić information content (AvgIpc) is 3.22. The SMILES string of the molecule is COc1cc(C)c(S(=O)(=O)CC2NC(C(=O)O)ON2C2CCN(c3ccncc3)CC2)c(C)c1. The standard InChI is InChI=1S/C23H30N4O6S/c1-15-12-19(32-3)13-16(2)21(15)34(30,31)14-20-25-22(23(28)29)33-27(20)18-6-10-26(11-7-18)17-4-8-24-9-5-17/h4-5,8-9,12-13,18,20,22,25H,6-7,10-11,14H2,1-3H3,(H,28,29). The number of pyridine rings is 1. The molecule has 4 rings (SSSR count). The lowest BCUT2D eigenvalue weighted by atomic mass is 10.0. The summed E-state index contributed by atoms with van der Waals surface area (Å²) in [5.74, 6) is -0.907. The van der Waals surface area contributed by atoms with Crippen molar-refractivity contribution in [3.05, 3.63) is 47.8 Å². The third-order valence-electron chi connectivity index (χ3n) is 6.31. The van der Waals surface area contributed by atoms with E-state index in [2.05, 4.69) is 15.2 Å². The quantitative estimate of drug-likeness (QED) is 0.593. The molecule has 2 fully saturated rings. The fourth-order valence-corrected chi connectivity index (χ4v) is 6.72. The van der Waals surface area contributed by atoms with Crippen molar-refractivity contribution in [1.29, 1.82) is 0 Å². The molecule has 11 heteroatoms. The fourth-order valence-electron chi connectivity index (χ4n) is 4.80. The van der Waals surface area contributed by atoms with E-state index in [1.807, 2.05) is 12.1 Å². The number of aliphatic carboxylic acids is 1. The second-order valence-electron chi connectivity index (χ2n) is 8.66. The molecule has 0 spiro atoms. The predicted molar refractivity (Wildman–Crippen MR) is 125 cm³/mol. The van der Waals surface area contributed by atoms with Crippen LogP contribution in [0.5, 0.6) is 5.75 Å². The Morgan fingerprint density at radius 1 is 1.21 bits per heavy atom. The van der Waals surface area contributed by atoms with E-state index in [1.165, 1.54) is 7.11 Å². The number of methoxy groups -OCH3 is 1. The van der Waals surface area contributed by atoms with Crippen molar-refractivity contribution in [3.63, 3.8) is 0 Å². The topological polar surface area (TPSA) is 121 Å². The van der Waals surface area contributed by atoms with Crippen molar-refractivity contribution in [2.45, 2.75) is 50.0 Å². The van der Waals surface area contributed by atoms with Crippen molar-refractivity contribution in [1.82, 2.24) is 15.4 Å². The Kier molecular flexibility index (Phi) is 7.08. The molecule has 2 saturated heterocycles. The second-order valence-corrected chi connectivity index (χ2v) is 10.6.